The number of rotatable bonds is 3. The molecule has 0 bridgehead atoms. The lowest BCUT2D eigenvalue weighted by molar-refractivity contribution is 0.0746. The number of hydrogen-bond acceptors (Lipinski definition) is 3. The summed E-state index contributed by atoms with van der Waals surface area (Å²) in [7, 11) is 0. The molecule has 2 aromatic carbocycles. The van der Waals surface area contributed by atoms with Gasteiger partial charge in [-0.3, -0.25) is 9.59 Å². The summed E-state index contributed by atoms with van der Waals surface area (Å²) < 4.78 is 0. The smallest absolute Gasteiger partial charge is 0.253 e. The van der Waals surface area contributed by atoms with Gasteiger partial charge < -0.3 is 9.80 Å². The van der Waals surface area contributed by atoms with Crippen LogP contribution in [0.5, 0.6) is 0 Å². The highest BCUT2D eigenvalue weighted by Gasteiger charge is 2.23. The third kappa shape index (κ3) is 3.58. The van der Waals surface area contributed by atoms with Gasteiger partial charge in [0.2, 0.25) is 0 Å². The highest BCUT2D eigenvalue weighted by Crippen LogP contribution is 2.25. The highest BCUT2D eigenvalue weighted by molar-refractivity contribution is 5.94. The van der Waals surface area contributed by atoms with Crippen LogP contribution < -0.4 is 4.90 Å². The molecule has 0 saturated carbocycles. The number of carbonyl (C=O) groups excluding carboxylic acids is 2. The number of anilines is 1. The van der Waals surface area contributed by atoms with E-state index in [0.29, 0.717) is 13.1 Å². The fraction of sp³-hybridized carbons (Fsp3) is 0.333. The maximum absolute atomic E-state index is 12.7. The molecule has 4 heteroatoms. The number of amides is 1. The van der Waals surface area contributed by atoms with Gasteiger partial charge in [-0.15, -0.1) is 0 Å². The van der Waals surface area contributed by atoms with Gasteiger partial charge in [-0.2, -0.15) is 0 Å². The second-order valence-corrected chi connectivity index (χ2v) is 6.76. The second kappa shape index (κ2) is 7.09. The Morgan fingerprint density at radius 2 is 1.68 bits per heavy atom. The van der Waals surface area contributed by atoms with Crippen LogP contribution in [-0.4, -0.2) is 43.3 Å². The van der Waals surface area contributed by atoms with Crippen LogP contribution in [0.3, 0.4) is 0 Å². The van der Waals surface area contributed by atoms with Crippen molar-refractivity contribution in [3.8, 4) is 0 Å². The molecule has 25 heavy (non-hydrogen) atoms. The molecule has 0 radical (unpaired) electrons. The van der Waals surface area contributed by atoms with Crippen molar-refractivity contribution >= 4 is 17.9 Å². The summed E-state index contributed by atoms with van der Waals surface area (Å²) in [6.07, 6.45) is 0.907. The molecule has 0 aromatic heterocycles. The van der Waals surface area contributed by atoms with Crippen molar-refractivity contribution in [2.24, 2.45) is 0 Å². The number of carbonyl (C=O) groups is 2. The Hall–Kier alpha value is -2.62. The third-order valence-corrected chi connectivity index (χ3v) is 4.88. The van der Waals surface area contributed by atoms with Crippen LogP contribution >= 0.6 is 0 Å². The first-order chi connectivity index (χ1) is 12.0. The number of aldehydes is 1. The van der Waals surface area contributed by atoms with Crippen molar-refractivity contribution in [2.45, 2.75) is 20.8 Å². The Balaban J connectivity index is 1.71. The predicted molar refractivity (Wildman–Crippen MR) is 101 cm³/mol. The standard InChI is InChI=1S/C21H24N2O2/c1-15-5-4-6-18(11-15)21(25)23-9-7-22(8-10-23)20-13-16(2)19(14-24)12-17(20)3/h4-6,11-14H,7-10H2,1-3H3. The fourth-order valence-electron chi connectivity index (χ4n) is 3.40. The van der Waals surface area contributed by atoms with E-state index in [1.54, 1.807) is 0 Å². The van der Waals surface area contributed by atoms with E-state index in [-0.39, 0.29) is 5.91 Å². The molecule has 0 atom stereocenters. The lowest BCUT2D eigenvalue weighted by Gasteiger charge is -2.37. The topological polar surface area (TPSA) is 40.6 Å². The minimum absolute atomic E-state index is 0.104. The summed E-state index contributed by atoms with van der Waals surface area (Å²) in [6, 6.07) is 11.8. The van der Waals surface area contributed by atoms with E-state index in [1.807, 2.05) is 56.0 Å². The summed E-state index contributed by atoms with van der Waals surface area (Å²) in [5, 5.41) is 0. The molecule has 4 nitrogen and oxygen atoms in total. The number of aryl methyl sites for hydroxylation is 3. The summed E-state index contributed by atoms with van der Waals surface area (Å²) in [5.74, 6) is 0.104. The van der Waals surface area contributed by atoms with Crippen molar-refractivity contribution in [1.29, 1.82) is 0 Å². The lowest BCUT2D eigenvalue weighted by atomic mass is 10.0. The molecule has 0 spiro atoms. The quantitative estimate of drug-likeness (QED) is 0.807. The Labute approximate surface area is 149 Å². The fourth-order valence-corrected chi connectivity index (χ4v) is 3.40. The molecular weight excluding hydrogens is 312 g/mol. The van der Waals surface area contributed by atoms with Crippen molar-refractivity contribution in [3.05, 3.63) is 64.2 Å². The normalized spacial score (nSPS) is 14.5. The molecule has 0 unspecified atom stereocenters. The van der Waals surface area contributed by atoms with Gasteiger partial charge in [0, 0.05) is 43.0 Å². The monoisotopic (exact) mass is 336 g/mol. The van der Waals surface area contributed by atoms with Crippen LogP contribution in [0.25, 0.3) is 0 Å². The van der Waals surface area contributed by atoms with E-state index >= 15 is 0 Å². The highest BCUT2D eigenvalue weighted by atomic mass is 16.2. The SMILES string of the molecule is Cc1cccc(C(=O)N2CCN(c3cc(C)c(C=O)cc3C)CC2)c1. The maximum Gasteiger partial charge on any atom is 0.253 e. The lowest BCUT2D eigenvalue weighted by Crippen LogP contribution is -2.49. The predicted octanol–water partition coefficient (Wildman–Crippen LogP) is 3.39. The van der Waals surface area contributed by atoms with Crippen LogP contribution in [0.15, 0.2) is 36.4 Å². The zero-order chi connectivity index (χ0) is 18.0. The average Bonchev–Trinajstić information content (AvgIpc) is 2.63. The first kappa shape index (κ1) is 17.2. The van der Waals surface area contributed by atoms with Gasteiger partial charge >= 0.3 is 0 Å². The minimum Gasteiger partial charge on any atom is -0.368 e. The zero-order valence-corrected chi connectivity index (χ0v) is 15.1. The Kier molecular flexibility index (Phi) is 4.88. The maximum atomic E-state index is 12.7. The van der Waals surface area contributed by atoms with E-state index in [9.17, 15) is 9.59 Å². The molecule has 0 aliphatic carbocycles. The van der Waals surface area contributed by atoms with Gasteiger partial charge in [0.15, 0.2) is 0 Å². The van der Waals surface area contributed by atoms with E-state index < -0.39 is 0 Å². The zero-order valence-electron chi connectivity index (χ0n) is 15.1. The number of benzene rings is 2. The molecule has 1 amide bonds. The Bertz CT molecular complexity index is 806. The molecule has 1 fully saturated rings. The van der Waals surface area contributed by atoms with E-state index in [4.69, 9.17) is 0 Å². The van der Waals surface area contributed by atoms with E-state index in [0.717, 1.165) is 52.9 Å². The van der Waals surface area contributed by atoms with Crippen LogP contribution in [0, 0.1) is 20.8 Å². The molecule has 1 aliphatic heterocycles. The van der Waals surface area contributed by atoms with Crippen molar-refractivity contribution < 1.29 is 9.59 Å². The van der Waals surface area contributed by atoms with Gasteiger partial charge in [0.05, 0.1) is 0 Å². The second-order valence-electron chi connectivity index (χ2n) is 6.76. The van der Waals surface area contributed by atoms with Gasteiger partial charge in [0.25, 0.3) is 5.91 Å². The molecular formula is C21H24N2O2. The van der Waals surface area contributed by atoms with Gasteiger partial charge in [-0.05, 0) is 56.2 Å². The van der Waals surface area contributed by atoms with Crippen LogP contribution in [0.4, 0.5) is 5.69 Å². The van der Waals surface area contributed by atoms with E-state index in [2.05, 4.69) is 11.0 Å². The largest absolute Gasteiger partial charge is 0.368 e. The van der Waals surface area contributed by atoms with Gasteiger partial charge in [0.1, 0.15) is 6.29 Å². The molecule has 1 heterocycles. The van der Waals surface area contributed by atoms with Crippen LogP contribution in [0.2, 0.25) is 0 Å². The van der Waals surface area contributed by atoms with Crippen LogP contribution in [0.1, 0.15) is 37.4 Å². The van der Waals surface area contributed by atoms with Crippen molar-refractivity contribution in [2.75, 3.05) is 31.1 Å². The van der Waals surface area contributed by atoms with E-state index in [1.165, 1.54) is 0 Å². The Morgan fingerprint density at radius 1 is 0.960 bits per heavy atom. The number of piperazine rings is 1. The molecule has 2 aromatic rings. The summed E-state index contributed by atoms with van der Waals surface area (Å²) in [4.78, 5) is 28.0. The third-order valence-electron chi connectivity index (χ3n) is 4.88. The van der Waals surface area contributed by atoms with Crippen molar-refractivity contribution in [3.63, 3.8) is 0 Å². The summed E-state index contributed by atoms with van der Waals surface area (Å²) in [5.41, 5.74) is 5.86. The number of nitrogens with zero attached hydrogens (tertiary/aromatic N) is 2. The first-order valence-electron chi connectivity index (χ1n) is 8.67. The molecule has 0 N–H and O–H groups in total. The molecule has 1 aliphatic rings. The van der Waals surface area contributed by atoms with Crippen LogP contribution in [-0.2, 0) is 0 Å². The minimum atomic E-state index is 0.104. The van der Waals surface area contributed by atoms with Gasteiger partial charge in [-0.25, -0.2) is 0 Å². The summed E-state index contributed by atoms with van der Waals surface area (Å²) >= 11 is 0. The molecule has 1 saturated heterocycles. The molecule has 130 valence electrons. The average molecular weight is 336 g/mol. The first-order valence-corrected chi connectivity index (χ1v) is 8.67. The number of hydrogen-bond donors (Lipinski definition) is 0. The van der Waals surface area contributed by atoms with Gasteiger partial charge in [-0.1, -0.05) is 17.7 Å². The summed E-state index contributed by atoms with van der Waals surface area (Å²) in [6.45, 7) is 9.02. The molecule has 3 rings (SSSR count). The van der Waals surface area contributed by atoms with Crippen molar-refractivity contribution in [1.82, 2.24) is 4.90 Å². The Morgan fingerprint density at radius 3 is 2.32 bits per heavy atom.